The highest BCUT2D eigenvalue weighted by Gasteiger charge is 2.07. The number of hydrogen-bond donors (Lipinski definition) is 1. The third-order valence-electron chi connectivity index (χ3n) is 2.59. The second-order valence-corrected chi connectivity index (χ2v) is 5.82. The fourth-order valence-electron chi connectivity index (χ4n) is 1.68. The van der Waals surface area contributed by atoms with Gasteiger partial charge >= 0.3 is 0 Å². The lowest BCUT2D eigenvalue weighted by Crippen LogP contribution is -2.14. The van der Waals surface area contributed by atoms with Crippen molar-refractivity contribution >= 4 is 33.7 Å². The number of halogens is 1. The van der Waals surface area contributed by atoms with Crippen LogP contribution in [0.15, 0.2) is 39.5 Å². The molecule has 1 aromatic carbocycles. The van der Waals surface area contributed by atoms with Gasteiger partial charge in [-0.1, -0.05) is 11.3 Å². The Morgan fingerprint density at radius 2 is 2.25 bits per heavy atom. The summed E-state index contributed by atoms with van der Waals surface area (Å²) >= 11 is 2.71. The summed E-state index contributed by atoms with van der Waals surface area (Å²) in [5.74, 6) is 0.119. The summed E-state index contributed by atoms with van der Waals surface area (Å²) in [5, 5.41) is 3.89. The van der Waals surface area contributed by atoms with E-state index in [-0.39, 0.29) is 11.4 Å². The molecule has 0 atom stereocenters. The molecule has 2 N–H and O–H groups in total. The topological polar surface area (TPSA) is 73.3 Å². The van der Waals surface area contributed by atoms with Gasteiger partial charge in [0.2, 0.25) is 4.96 Å². The van der Waals surface area contributed by atoms with Gasteiger partial charge in [0.1, 0.15) is 11.3 Å². The number of nitrogens with zero attached hydrogens (tertiary/aromatic N) is 3. The van der Waals surface area contributed by atoms with Crippen LogP contribution in [0.25, 0.3) is 4.96 Å². The van der Waals surface area contributed by atoms with Gasteiger partial charge in [-0.2, -0.15) is 9.61 Å². The summed E-state index contributed by atoms with van der Waals surface area (Å²) in [6.07, 6.45) is 0. The zero-order valence-electron chi connectivity index (χ0n) is 10.1. The number of benzene rings is 1. The van der Waals surface area contributed by atoms with E-state index in [0.717, 1.165) is 4.90 Å². The van der Waals surface area contributed by atoms with Crippen LogP contribution in [-0.2, 0) is 5.75 Å². The Hall–Kier alpha value is -1.93. The van der Waals surface area contributed by atoms with Crippen LogP contribution >= 0.6 is 23.1 Å². The fourth-order valence-corrected chi connectivity index (χ4v) is 3.16. The van der Waals surface area contributed by atoms with Gasteiger partial charge in [-0.15, -0.1) is 11.8 Å². The van der Waals surface area contributed by atoms with Gasteiger partial charge in [0.25, 0.3) is 5.56 Å². The smallest absolute Gasteiger partial charge is 0.275 e. The van der Waals surface area contributed by atoms with E-state index >= 15 is 0 Å². The number of rotatable bonds is 3. The number of fused-ring (bicyclic) bond motifs is 1. The number of hydrogen-bond acceptors (Lipinski definition) is 6. The Bertz CT molecular complexity index is 830. The lowest BCUT2D eigenvalue weighted by Gasteiger charge is -2.05. The average Bonchev–Trinajstić information content (AvgIpc) is 2.86. The summed E-state index contributed by atoms with van der Waals surface area (Å²) in [6, 6.07) is 5.69. The van der Waals surface area contributed by atoms with Crippen molar-refractivity contribution in [2.45, 2.75) is 10.6 Å². The molecule has 20 heavy (non-hydrogen) atoms. The zero-order valence-corrected chi connectivity index (χ0v) is 11.7. The van der Waals surface area contributed by atoms with Crippen LogP contribution in [0.1, 0.15) is 5.69 Å². The lowest BCUT2D eigenvalue weighted by molar-refractivity contribution is 0.627. The molecule has 0 unspecified atom stereocenters. The van der Waals surface area contributed by atoms with Crippen LogP contribution in [0.3, 0.4) is 0 Å². The van der Waals surface area contributed by atoms with Crippen molar-refractivity contribution in [3.05, 3.63) is 51.6 Å². The molecule has 0 amide bonds. The van der Waals surface area contributed by atoms with E-state index in [1.165, 1.54) is 45.8 Å². The summed E-state index contributed by atoms with van der Waals surface area (Å²) in [5.41, 5.74) is 8.12. The van der Waals surface area contributed by atoms with Crippen molar-refractivity contribution in [1.82, 2.24) is 14.6 Å². The molecule has 0 aliphatic carbocycles. The largest absolute Gasteiger partial charge is 0.398 e. The van der Waals surface area contributed by atoms with E-state index in [2.05, 4.69) is 10.1 Å². The molecular formula is C12H9FN4OS2. The normalized spacial score (nSPS) is 11.1. The third-order valence-corrected chi connectivity index (χ3v) is 4.39. The molecule has 0 saturated carbocycles. The first kappa shape index (κ1) is 13.1. The van der Waals surface area contributed by atoms with Crippen molar-refractivity contribution in [2.24, 2.45) is 0 Å². The second kappa shape index (κ2) is 5.22. The Balaban J connectivity index is 1.84. The maximum absolute atomic E-state index is 13.0. The zero-order chi connectivity index (χ0) is 14.1. The van der Waals surface area contributed by atoms with E-state index in [1.54, 1.807) is 11.6 Å². The van der Waals surface area contributed by atoms with Crippen LogP contribution in [0.5, 0.6) is 0 Å². The van der Waals surface area contributed by atoms with Crippen molar-refractivity contribution in [2.75, 3.05) is 5.73 Å². The molecule has 2 aromatic heterocycles. The Labute approximate surface area is 121 Å². The monoisotopic (exact) mass is 308 g/mol. The van der Waals surface area contributed by atoms with Crippen LogP contribution in [0, 0.1) is 5.82 Å². The summed E-state index contributed by atoms with van der Waals surface area (Å²) < 4.78 is 14.2. The Kier molecular flexibility index (Phi) is 3.41. The fraction of sp³-hybridized carbons (Fsp3) is 0.0833. The quantitative estimate of drug-likeness (QED) is 0.593. The molecule has 0 spiro atoms. The minimum absolute atomic E-state index is 0.209. The van der Waals surface area contributed by atoms with Gasteiger partial charge in [-0.05, 0) is 18.2 Å². The van der Waals surface area contributed by atoms with Crippen LogP contribution in [0.2, 0.25) is 0 Å². The molecule has 0 bridgehead atoms. The van der Waals surface area contributed by atoms with Crippen LogP contribution in [0.4, 0.5) is 10.1 Å². The molecule has 8 heteroatoms. The minimum atomic E-state index is -0.366. The van der Waals surface area contributed by atoms with Crippen molar-refractivity contribution in [3.8, 4) is 0 Å². The third kappa shape index (κ3) is 2.52. The second-order valence-electron chi connectivity index (χ2n) is 3.99. The molecule has 0 aliphatic rings. The van der Waals surface area contributed by atoms with E-state index in [4.69, 9.17) is 5.73 Å². The summed E-state index contributed by atoms with van der Waals surface area (Å²) in [6.45, 7) is 0. The predicted molar refractivity (Wildman–Crippen MR) is 77.5 cm³/mol. The minimum Gasteiger partial charge on any atom is -0.398 e. The summed E-state index contributed by atoms with van der Waals surface area (Å²) in [7, 11) is 0. The van der Waals surface area contributed by atoms with Crippen LogP contribution in [-0.4, -0.2) is 14.6 Å². The van der Waals surface area contributed by atoms with Crippen molar-refractivity contribution in [3.63, 3.8) is 0 Å². The van der Waals surface area contributed by atoms with Gasteiger partial charge in [0, 0.05) is 22.4 Å². The molecule has 2 heterocycles. The maximum Gasteiger partial charge on any atom is 0.275 e. The van der Waals surface area contributed by atoms with E-state index in [9.17, 15) is 9.18 Å². The molecule has 0 radical (unpaired) electrons. The first-order chi connectivity index (χ1) is 9.63. The number of anilines is 1. The van der Waals surface area contributed by atoms with E-state index < -0.39 is 0 Å². The van der Waals surface area contributed by atoms with Gasteiger partial charge in [-0.3, -0.25) is 4.79 Å². The molecular weight excluding hydrogens is 299 g/mol. The van der Waals surface area contributed by atoms with Crippen LogP contribution < -0.4 is 11.3 Å². The first-order valence-electron chi connectivity index (χ1n) is 5.64. The predicted octanol–water partition coefficient (Wildman–Crippen LogP) is 2.16. The Morgan fingerprint density at radius 1 is 1.40 bits per heavy atom. The summed E-state index contributed by atoms with van der Waals surface area (Å²) in [4.78, 5) is 17.4. The molecule has 0 aliphatic heterocycles. The van der Waals surface area contributed by atoms with Gasteiger partial charge < -0.3 is 5.73 Å². The van der Waals surface area contributed by atoms with Crippen molar-refractivity contribution < 1.29 is 4.39 Å². The number of nitrogen functional groups attached to an aromatic ring is 1. The van der Waals surface area contributed by atoms with Gasteiger partial charge in [-0.25, -0.2) is 9.37 Å². The van der Waals surface area contributed by atoms with Gasteiger partial charge in [0.15, 0.2) is 0 Å². The number of thioether (sulfide) groups is 1. The number of aromatic nitrogens is 3. The molecule has 0 fully saturated rings. The van der Waals surface area contributed by atoms with Gasteiger partial charge in [0.05, 0.1) is 5.69 Å². The molecule has 3 aromatic rings. The van der Waals surface area contributed by atoms with Crippen molar-refractivity contribution in [1.29, 1.82) is 0 Å². The van der Waals surface area contributed by atoms with E-state index in [1.807, 2.05) is 0 Å². The lowest BCUT2D eigenvalue weighted by atomic mass is 10.3. The van der Waals surface area contributed by atoms with E-state index in [0.29, 0.717) is 22.1 Å². The molecule has 0 saturated heterocycles. The molecule has 102 valence electrons. The average molecular weight is 308 g/mol. The Morgan fingerprint density at radius 3 is 3.05 bits per heavy atom. The first-order valence-corrected chi connectivity index (χ1v) is 7.50. The SMILES string of the molecule is Nc1cc(F)ccc1SCc1cc(=O)n2ncsc2n1. The standard InChI is InChI=1S/C12H9FN4OS2/c13-7-1-2-10(9(14)3-7)19-5-8-4-11(18)17-12(16-8)20-6-15-17/h1-4,6H,5,14H2. The molecule has 3 rings (SSSR count). The number of nitrogens with two attached hydrogens (primary N) is 1. The highest BCUT2D eigenvalue weighted by molar-refractivity contribution is 7.98. The highest BCUT2D eigenvalue weighted by atomic mass is 32.2. The molecule has 5 nitrogen and oxygen atoms in total. The highest BCUT2D eigenvalue weighted by Crippen LogP contribution is 2.28. The maximum atomic E-state index is 13.0.